The molecule has 0 aliphatic heterocycles. The minimum Gasteiger partial charge on any atom is -0.466 e. The molecule has 0 aromatic carbocycles. The Balaban J connectivity index is 2.03. The smallest absolute Gasteiger partial charge is 0.330 e. The fraction of sp³-hybridized carbons (Fsp3) is 0.0625. The summed E-state index contributed by atoms with van der Waals surface area (Å²) in [5, 5.41) is 0. The third kappa shape index (κ3) is 4.17. The summed E-state index contributed by atoms with van der Waals surface area (Å²) < 4.78 is 4.52. The monoisotopic (exact) mass is 266 g/mol. The number of ether oxygens (including phenoxy) is 1. The maximum absolute atomic E-state index is 11.0. The summed E-state index contributed by atoms with van der Waals surface area (Å²) >= 11 is 0. The molecule has 0 saturated heterocycles. The number of pyridine rings is 2. The quantitative estimate of drug-likeness (QED) is 0.630. The van der Waals surface area contributed by atoms with E-state index in [9.17, 15) is 4.79 Å². The highest BCUT2D eigenvalue weighted by molar-refractivity contribution is 5.86. The first kappa shape index (κ1) is 13.7. The maximum Gasteiger partial charge on any atom is 0.330 e. The summed E-state index contributed by atoms with van der Waals surface area (Å²) in [6.45, 7) is 0. The third-order valence-corrected chi connectivity index (χ3v) is 2.57. The number of esters is 1. The molecule has 0 amide bonds. The van der Waals surface area contributed by atoms with E-state index in [4.69, 9.17) is 0 Å². The Morgan fingerprint density at radius 3 is 2.50 bits per heavy atom. The predicted octanol–water partition coefficient (Wildman–Crippen LogP) is 2.83. The van der Waals surface area contributed by atoms with E-state index in [0.717, 1.165) is 16.8 Å². The Labute approximate surface area is 117 Å². The lowest BCUT2D eigenvalue weighted by molar-refractivity contribution is -0.134. The van der Waals surface area contributed by atoms with E-state index in [2.05, 4.69) is 14.7 Å². The molecule has 4 heteroatoms. The van der Waals surface area contributed by atoms with Crippen molar-refractivity contribution >= 4 is 24.2 Å². The Morgan fingerprint density at radius 1 is 1.05 bits per heavy atom. The van der Waals surface area contributed by atoms with Crippen LogP contribution in [0.1, 0.15) is 16.8 Å². The lowest BCUT2D eigenvalue weighted by Crippen LogP contribution is -1.93. The Hall–Kier alpha value is -2.75. The van der Waals surface area contributed by atoms with Crippen molar-refractivity contribution in [2.75, 3.05) is 7.11 Å². The normalized spacial score (nSPS) is 11.1. The van der Waals surface area contributed by atoms with Crippen molar-refractivity contribution in [2.24, 2.45) is 0 Å². The van der Waals surface area contributed by atoms with E-state index in [1.54, 1.807) is 24.7 Å². The van der Waals surface area contributed by atoms with Crippen molar-refractivity contribution in [1.82, 2.24) is 9.97 Å². The molecular formula is C16H14N2O2. The molecule has 0 N–H and O–H groups in total. The van der Waals surface area contributed by atoms with E-state index < -0.39 is 0 Å². The van der Waals surface area contributed by atoms with Gasteiger partial charge in [0.15, 0.2) is 0 Å². The maximum atomic E-state index is 11.0. The number of aromatic nitrogens is 2. The van der Waals surface area contributed by atoms with Gasteiger partial charge < -0.3 is 4.74 Å². The van der Waals surface area contributed by atoms with Gasteiger partial charge in [0.1, 0.15) is 0 Å². The molecule has 0 bridgehead atoms. The molecule has 0 spiro atoms. The summed E-state index contributed by atoms with van der Waals surface area (Å²) in [5.41, 5.74) is 2.75. The highest BCUT2D eigenvalue weighted by Crippen LogP contribution is 2.07. The number of methoxy groups -OCH3 is 1. The molecule has 0 aliphatic carbocycles. The molecule has 2 rings (SSSR count). The molecule has 0 aliphatic rings. The van der Waals surface area contributed by atoms with Gasteiger partial charge in [0.2, 0.25) is 0 Å². The molecule has 0 atom stereocenters. The minimum atomic E-state index is -0.383. The lowest BCUT2D eigenvalue weighted by atomic mass is 10.2. The van der Waals surface area contributed by atoms with Gasteiger partial charge in [-0.1, -0.05) is 12.1 Å². The Bertz CT molecular complexity index is 617. The number of carbonyl (C=O) groups excluding carboxylic acids is 1. The summed E-state index contributed by atoms with van der Waals surface area (Å²) in [6.07, 6.45) is 12.1. The predicted molar refractivity (Wildman–Crippen MR) is 78.5 cm³/mol. The first-order valence-electron chi connectivity index (χ1n) is 6.08. The fourth-order valence-corrected chi connectivity index (χ4v) is 1.50. The molecule has 2 heterocycles. The minimum absolute atomic E-state index is 0.383. The van der Waals surface area contributed by atoms with E-state index in [-0.39, 0.29) is 5.97 Å². The molecule has 2 aromatic heterocycles. The van der Waals surface area contributed by atoms with Gasteiger partial charge in [-0.05, 0) is 41.5 Å². The van der Waals surface area contributed by atoms with Crippen molar-refractivity contribution in [3.63, 3.8) is 0 Å². The molecule has 0 saturated carbocycles. The fourth-order valence-electron chi connectivity index (χ4n) is 1.50. The van der Waals surface area contributed by atoms with Crippen molar-refractivity contribution in [1.29, 1.82) is 0 Å². The van der Waals surface area contributed by atoms with E-state index in [1.165, 1.54) is 13.2 Å². The second-order valence-corrected chi connectivity index (χ2v) is 3.99. The topological polar surface area (TPSA) is 52.1 Å². The van der Waals surface area contributed by atoms with Gasteiger partial charge in [0, 0.05) is 24.7 Å². The van der Waals surface area contributed by atoms with Crippen LogP contribution in [-0.4, -0.2) is 23.0 Å². The average Bonchev–Trinajstić information content (AvgIpc) is 2.52. The molecule has 4 nitrogen and oxygen atoms in total. The first-order chi connectivity index (χ1) is 9.78. The second-order valence-electron chi connectivity index (χ2n) is 3.99. The molecule has 0 radical (unpaired) electrons. The molecule has 20 heavy (non-hydrogen) atoms. The summed E-state index contributed by atoms with van der Waals surface area (Å²) in [6, 6.07) is 7.61. The van der Waals surface area contributed by atoms with Crippen molar-refractivity contribution in [2.45, 2.75) is 0 Å². The van der Waals surface area contributed by atoms with Gasteiger partial charge in [-0.15, -0.1) is 0 Å². The van der Waals surface area contributed by atoms with Crippen LogP contribution in [0.25, 0.3) is 18.2 Å². The van der Waals surface area contributed by atoms with Crippen LogP contribution in [0.3, 0.4) is 0 Å². The zero-order valence-corrected chi connectivity index (χ0v) is 11.1. The zero-order valence-electron chi connectivity index (χ0n) is 11.1. The number of rotatable bonds is 4. The number of hydrogen-bond donors (Lipinski definition) is 0. The molecule has 0 fully saturated rings. The number of carbonyl (C=O) groups is 1. The average molecular weight is 266 g/mol. The SMILES string of the molecule is COC(=O)C=Cc1ccc(C=Cc2ccncc2)nc1. The van der Waals surface area contributed by atoms with Crippen molar-refractivity contribution < 1.29 is 9.53 Å². The summed E-state index contributed by atoms with van der Waals surface area (Å²) in [5.74, 6) is -0.383. The standard InChI is InChI=1S/C16H14N2O2/c1-20-16(19)7-4-14-3-6-15(18-12-14)5-2-13-8-10-17-11-9-13/h2-12H,1H3. The summed E-state index contributed by atoms with van der Waals surface area (Å²) in [4.78, 5) is 19.2. The largest absolute Gasteiger partial charge is 0.466 e. The van der Waals surface area contributed by atoms with Crippen molar-refractivity contribution in [3.8, 4) is 0 Å². The van der Waals surface area contributed by atoms with Crippen LogP contribution >= 0.6 is 0 Å². The zero-order chi connectivity index (χ0) is 14.2. The Kier molecular flexibility index (Phi) is 4.78. The number of nitrogens with zero attached hydrogens (tertiary/aromatic N) is 2. The highest BCUT2D eigenvalue weighted by atomic mass is 16.5. The van der Waals surface area contributed by atoms with Crippen LogP contribution in [0, 0.1) is 0 Å². The highest BCUT2D eigenvalue weighted by Gasteiger charge is 1.93. The van der Waals surface area contributed by atoms with Gasteiger partial charge in [0.25, 0.3) is 0 Å². The number of hydrogen-bond acceptors (Lipinski definition) is 4. The van der Waals surface area contributed by atoms with Gasteiger partial charge in [0.05, 0.1) is 12.8 Å². The van der Waals surface area contributed by atoms with E-state index in [1.807, 2.05) is 36.4 Å². The van der Waals surface area contributed by atoms with Gasteiger partial charge in [-0.2, -0.15) is 0 Å². The van der Waals surface area contributed by atoms with E-state index in [0.29, 0.717) is 0 Å². The van der Waals surface area contributed by atoms with Crippen LogP contribution in [0.5, 0.6) is 0 Å². The molecule has 100 valence electrons. The van der Waals surface area contributed by atoms with Crippen LogP contribution < -0.4 is 0 Å². The van der Waals surface area contributed by atoms with Crippen LogP contribution in [0.4, 0.5) is 0 Å². The van der Waals surface area contributed by atoms with Gasteiger partial charge >= 0.3 is 5.97 Å². The van der Waals surface area contributed by atoms with Gasteiger partial charge in [-0.3, -0.25) is 9.97 Å². The van der Waals surface area contributed by atoms with Crippen LogP contribution in [-0.2, 0) is 9.53 Å². The Morgan fingerprint density at radius 2 is 1.85 bits per heavy atom. The van der Waals surface area contributed by atoms with E-state index >= 15 is 0 Å². The molecule has 2 aromatic rings. The summed E-state index contributed by atoms with van der Waals surface area (Å²) in [7, 11) is 1.35. The third-order valence-electron chi connectivity index (χ3n) is 2.57. The first-order valence-corrected chi connectivity index (χ1v) is 6.08. The molecular weight excluding hydrogens is 252 g/mol. The van der Waals surface area contributed by atoms with Crippen LogP contribution in [0.15, 0.2) is 48.9 Å². The van der Waals surface area contributed by atoms with Crippen molar-refractivity contribution in [3.05, 3.63) is 65.8 Å². The molecule has 0 unspecified atom stereocenters. The lowest BCUT2D eigenvalue weighted by Gasteiger charge is -1.96. The van der Waals surface area contributed by atoms with Gasteiger partial charge in [-0.25, -0.2) is 4.79 Å². The second kappa shape index (κ2) is 6.99. The van der Waals surface area contributed by atoms with Crippen LogP contribution in [0.2, 0.25) is 0 Å².